The maximum absolute atomic E-state index is 13.1. The van der Waals surface area contributed by atoms with Crippen LogP contribution in [0.1, 0.15) is 59.3 Å². The van der Waals surface area contributed by atoms with Crippen molar-refractivity contribution in [3.63, 3.8) is 0 Å². The Morgan fingerprint density at radius 3 is 1.76 bits per heavy atom. The molecule has 0 bridgehead atoms. The van der Waals surface area contributed by atoms with E-state index in [2.05, 4.69) is 52.3 Å². The number of hydrogen-bond acceptors (Lipinski definition) is 5. The first kappa shape index (κ1) is 21.1. The molecule has 5 heteroatoms. The summed E-state index contributed by atoms with van der Waals surface area (Å²) in [6.45, 7) is 10.3. The minimum atomic E-state index is -0.982. The molecule has 0 atom stereocenters. The first-order chi connectivity index (χ1) is 16.6. The number of esters is 1. The van der Waals surface area contributed by atoms with Crippen LogP contribution < -0.4 is 14.5 Å². The fourth-order valence-corrected chi connectivity index (χ4v) is 5.36. The summed E-state index contributed by atoms with van der Waals surface area (Å²) in [5, 5.41) is 0. The first-order valence-electron chi connectivity index (χ1n) is 12.4. The lowest BCUT2D eigenvalue weighted by Crippen LogP contribution is -2.38. The van der Waals surface area contributed by atoms with Crippen molar-refractivity contribution in [1.82, 2.24) is 0 Å². The molecule has 34 heavy (non-hydrogen) atoms. The van der Waals surface area contributed by atoms with E-state index in [9.17, 15) is 4.79 Å². The maximum Gasteiger partial charge on any atom is 0.340 e. The molecule has 2 saturated heterocycles. The highest BCUT2D eigenvalue weighted by Gasteiger charge is 2.53. The van der Waals surface area contributed by atoms with Gasteiger partial charge >= 0.3 is 5.97 Å². The molecular formula is C29H30N2O3. The summed E-state index contributed by atoms with van der Waals surface area (Å²) in [6, 6.07) is 18.7. The van der Waals surface area contributed by atoms with Gasteiger partial charge in [0.05, 0.1) is 5.56 Å². The topological polar surface area (TPSA) is 42.0 Å². The second kappa shape index (κ2) is 7.79. The number of nitrogens with zero attached hydrogens (tertiary/aromatic N) is 2. The van der Waals surface area contributed by atoms with Gasteiger partial charge in [-0.3, -0.25) is 0 Å². The van der Waals surface area contributed by atoms with Gasteiger partial charge in [0, 0.05) is 66.4 Å². The van der Waals surface area contributed by atoms with Crippen molar-refractivity contribution in [2.24, 2.45) is 0 Å². The van der Waals surface area contributed by atoms with Crippen LogP contribution in [0, 0.1) is 6.92 Å². The fraction of sp³-hybridized carbons (Fsp3) is 0.345. The molecule has 0 saturated carbocycles. The van der Waals surface area contributed by atoms with Crippen molar-refractivity contribution < 1.29 is 14.3 Å². The summed E-state index contributed by atoms with van der Waals surface area (Å²) in [7, 11) is 0. The molecule has 0 radical (unpaired) electrons. The number of carbonyl (C=O) groups excluding carboxylic acids is 1. The van der Waals surface area contributed by atoms with Crippen molar-refractivity contribution in [3.05, 3.63) is 82.4 Å². The maximum atomic E-state index is 13.1. The Labute approximate surface area is 200 Å². The normalized spacial score (nSPS) is 18.4. The molecule has 0 amide bonds. The highest BCUT2D eigenvalue weighted by Crippen LogP contribution is 2.57. The molecular weight excluding hydrogens is 424 g/mol. The van der Waals surface area contributed by atoms with Crippen molar-refractivity contribution in [3.8, 4) is 11.5 Å². The van der Waals surface area contributed by atoms with Gasteiger partial charge in [0.1, 0.15) is 11.5 Å². The van der Waals surface area contributed by atoms with Gasteiger partial charge in [-0.05, 0) is 50.1 Å². The van der Waals surface area contributed by atoms with E-state index in [0.29, 0.717) is 5.56 Å². The summed E-state index contributed by atoms with van der Waals surface area (Å²) in [5.41, 5.74) is 5.69. The molecule has 4 aliphatic heterocycles. The van der Waals surface area contributed by atoms with E-state index in [4.69, 9.17) is 9.47 Å². The smallest absolute Gasteiger partial charge is 0.340 e. The van der Waals surface area contributed by atoms with Crippen LogP contribution in [-0.2, 0) is 10.3 Å². The second-order valence-corrected chi connectivity index (χ2v) is 9.26. The molecule has 4 aliphatic rings. The molecule has 2 fully saturated rings. The fourth-order valence-electron chi connectivity index (χ4n) is 5.36. The van der Waals surface area contributed by atoms with Crippen LogP contribution in [0.15, 0.2) is 54.6 Å². The monoisotopic (exact) mass is 454 g/mol. The Morgan fingerprint density at radius 1 is 0.735 bits per heavy atom. The minimum Gasteiger partial charge on any atom is -0.456 e. The zero-order valence-electron chi connectivity index (χ0n) is 20.1. The van der Waals surface area contributed by atoms with Gasteiger partial charge in [0.15, 0.2) is 5.60 Å². The van der Waals surface area contributed by atoms with Gasteiger partial charge in [-0.25, -0.2) is 4.79 Å². The van der Waals surface area contributed by atoms with Crippen LogP contribution in [0.3, 0.4) is 0 Å². The SMILES string of the molecule is CC.Cc1ccc2c(c1)C(=O)OC21c2ccc(N3CCC3)cc2Oc2cc(N3CCC3)ccc21. The van der Waals surface area contributed by atoms with Gasteiger partial charge in [0.25, 0.3) is 0 Å². The van der Waals surface area contributed by atoms with Crippen LogP contribution in [-0.4, -0.2) is 32.1 Å². The molecule has 1 spiro atoms. The summed E-state index contributed by atoms with van der Waals surface area (Å²) in [5.74, 6) is 1.26. The number of aryl methyl sites for hydroxylation is 1. The lowest BCUT2D eigenvalue weighted by Gasteiger charge is -2.39. The quantitative estimate of drug-likeness (QED) is 0.444. The number of rotatable bonds is 2. The number of hydrogen-bond donors (Lipinski definition) is 0. The lowest BCUT2D eigenvalue weighted by molar-refractivity contribution is 0.0224. The average molecular weight is 455 g/mol. The standard InChI is InChI=1S/C27H24N2O3.C2H6/c1-17-4-7-21-20(14-17)26(30)32-27(21)22-8-5-18(28-10-2-11-28)15-24(22)31-25-16-19(6-9-23(25)27)29-12-3-13-29;1-2/h4-9,14-16H,2-3,10-13H2,1H3;1-2H3. The number of ether oxygens (including phenoxy) is 2. The molecule has 0 aliphatic carbocycles. The van der Waals surface area contributed by atoms with E-state index in [0.717, 1.165) is 71.3 Å². The molecule has 7 rings (SSSR count). The van der Waals surface area contributed by atoms with E-state index in [-0.39, 0.29) is 5.97 Å². The molecule has 174 valence electrons. The molecule has 0 aromatic heterocycles. The molecule has 5 nitrogen and oxygen atoms in total. The summed E-state index contributed by atoms with van der Waals surface area (Å²) in [6.07, 6.45) is 2.43. The van der Waals surface area contributed by atoms with E-state index in [1.54, 1.807) is 0 Å². The van der Waals surface area contributed by atoms with E-state index in [1.165, 1.54) is 12.8 Å². The predicted molar refractivity (Wildman–Crippen MR) is 134 cm³/mol. The number of benzene rings is 3. The lowest BCUT2D eigenvalue weighted by atomic mass is 9.77. The minimum absolute atomic E-state index is 0.277. The van der Waals surface area contributed by atoms with Gasteiger partial charge < -0.3 is 19.3 Å². The van der Waals surface area contributed by atoms with Crippen LogP contribution in [0.4, 0.5) is 11.4 Å². The van der Waals surface area contributed by atoms with E-state index < -0.39 is 5.60 Å². The van der Waals surface area contributed by atoms with Crippen molar-refractivity contribution in [1.29, 1.82) is 0 Å². The van der Waals surface area contributed by atoms with Gasteiger partial charge in [-0.2, -0.15) is 0 Å². The zero-order valence-corrected chi connectivity index (χ0v) is 20.1. The van der Waals surface area contributed by atoms with E-state index >= 15 is 0 Å². The van der Waals surface area contributed by atoms with Crippen molar-refractivity contribution >= 4 is 17.3 Å². The highest BCUT2D eigenvalue weighted by atomic mass is 16.6. The summed E-state index contributed by atoms with van der Waals surface area (Å²) < 4.78 is 12.8. The van der Waals surface area contributed by atoms with Gasteiger partial charge in [-0.15, -0.1) is 0 Å². The third-order valence-corrected chi connectivity index (χ3v) is 7.37. The van der Waals surface area contributed by atoms with Crippen LogP contribution in [0.2, 0.25) is 0 Å². The van der Waals surface area contributed by atoms with Crippen molar-refractivity contribution in [2.45, 2.75) is 39.2 Å². The van der Waals surface area contributed by atoms with Crippen LogP contribution in [0.25, 0.3) is 0 Å². The Morgan fingerprint density at radius 2 is 1.26 bits per heavy atom. The average Bonchev–Trinajstić information content (AvgIpc) is 3.05. The summed E-state index contributed by atoms with van der Waals surface area (Å²) >= 11 is 0. The predicted octanol–water partition coefficient (Wildman–Crippen LogP) is 6.01. The van der Waals surface area contributed by atoms with Crippen molar-refractivity contribution in [2.75, 3.05) is 36.0 Å². The molecule has 0 unspecified atom stereocenters. The van der Waals surface area contributed by atoms with E-state index in [1.807, 2.05) is 32.9 Å². The summed E-state index contributed by atoms with van der Waals surface area (Å²) in [4.78, 5) is 17.8. The third kappa shape index (κ3) is 2.89. The largest absolute Gasteiger partial charge is 0.456 e. The Kier molecular flexibility index (Phi) is 4.83. The number of anilines is 2. The third-order valence-electron chi connectivity index (χ3n) is 7.37. The molecule has 0 N–H and O–H groups in total. The van der Waals surface area contributed by atoms with Crippen LogP contribution in [0.5, 0.6) is 11.5 Å². The highest BCUT2D eigenvalue weighted by molar-refractivity contribution is 5.97. The van der Waals surface area contributed by atoms with Crippen LogP contribution >= 0.6 is 0 Å². The molecule has 4 heterocycles. The Bertz CT molecular complexity index is 1230. The molecule has 3 aromatic carbocycles. The molecule has 3 aromatic rings. The number of fused-ring (bicyclic) bond motifs is 6. The zero-order chi connectivity index (χ0) is 23.4. The van der Waals surface area contributed by atoms with Gasteiger partial charge in [-0.1, -0.05) is 31.5 Å². The second-order valence-electron chi connectivity index (χ2n) is 9.26. The first-order valence-corrected chi connectivity index (χ1v) is 12.4. The number of carbonyl (C=O) groups is 1. The Balaban J connectivity index is 0.00000106. The Hall–Kier alpha value is -3.47. The van der Waals surface area contributed by atoms with Gasteiger partial charge in [0.2, 0.25) is 0 Å².